The highest BCUT2D eigenvalue weighted by atomic mass is 32.2. The van der Waals surface area contributed by atoms with Crippen LogP contribution in [0.25, 0.3) is 0 Å². The minimum absolute atomic E-state index is 0.0372. The van der Waals surface area contributed by atoms with E-state index < -0.39 is 31.8 Å². The Balaban J connectivity index is 3.20. The van der Waals surface area contributed by atoms with Crippen LogP contribution in [0.1, 0.15) is 20.3 Å². The van der Waals surface area contributed by atoms with Gasteiger partial charge in [-0.2, -0.15) is 0 Å². The summed E-state index contributed by atoms with van der Waals surface area (Å²) in [7, 11) is -4.05. The largest absolute Gasteiger partial charge is 0.465 e. The summed E-state index contributed by atoms with van der Waals surface area (Å²) < 4.78 is 42.5. The van der Waals surface area contributed by atoms with Crippen molar-refractivity contribution >= 4 is 15.8 Å². The third-order valence-electron chi connectivity index (χ3n) is 2.44. The molecular formula is C12H15FO4S. The van der Waals surface area contributed by atoms with E-state index in [2.05, 4.69) is 0 Å². The molecule has 0 spiro atoms. The minimum Gasteiger partial charge on any atom is -0.465 e. The van der Waals surface area contributed by atoms with E-state index >= 15 is 0 Å². The molecule has 100 valence electrons. The van der Waals surface area contributed by atoms with Gasteiger partial charge in [0.2, 0.25) is 0 Å². The molecule has 1 unspecified atom stereocenters. The van der Waals surface area contributed by atoms with E-state index in [1.165, 1.54) is 12.1 Å². The Morgan fingerprint density at radius 3 is 2.44 bits per heavy atom. The van der Waals surface area contributed by atoms with Crippen LogP contribution in [0, 0.1) is 5.82 Å². The van der Waals surface area contributed by atoms with E-state index in [1.807, 2.05) is 0 Å². The fourth-order valence-corrected chi connectivity index (χ4v) is 3.25. The number of rotatable bonds is 5. The van der Waals surface area contributed by atoms with Crippen LogP contribution >= 0.6 is 0 Å². The first-order chi connectivity index (χ1) is 8.45. The van der Waals surface area contributed by atoms with Gasteiger partial charge in [0.25, 0.3) is 0 Å². The summed E-state index contributed by atoms with van der Waals surface area (Å²) in [5, 5.41) is -1.37. The highest BCUT2D eigenvalue weighted by molar-refractivity contribution is 7.92. The lowest BCUT2D eigenvalue weighted by Crippen LogP contribution is -2.32. The second kappa shape index (κ2) is 5.95. The van der Waals surface area contributed by atoms with Crippen molar-refractivity contribution in [3.63, 3.8) is 0 Å². The molecule has 0 N–H and O–H groups in total. The third kappa shape index (κ3) is 2.87. The Morgan fingerprint density at radius 1 is 1.33 bits per heavy atom. The normalized spacial score (nSPS) is 13.1. The van der Waals surface area contributed by atoms with Crippen molar-refractivity contribution in [2.45, 2.75) is 30.4 Å². The number of carbonyl (C=O) groups is 1. The molecule has 1 aromatic rings. The van der Waals surface area contributed by atoms with Crippen molar-refractivity contribution in [3.05, 3.63) is 30.1 Å². The monoisotopic (exact) mass is 274 g/mol. The molecule has 1 aromatic carbocycles. The molecule has 0 aliphatic heterocycles. The molecule has 0 aliphatic carbocycles. The number of ether oxygens (including phenoxy) is 1. The Kier molecular flexibility index (Phi) is 4.84. The fourth-order valence-electron chi connectivity index (χ4n) is 1.58. The van der Waals surface area contributed by atoms with E-state index in [0.29, 0.717) is 0 Å². The number of hydrogen-bond acceptors (Lipinski definition) is 4. The molecule has 0 aromatic heterocycles. The molecule has 1 rings (SSSR count). The van der Waals surface area contributed by atoms with Gasteiger partial charge in [-0.15, -0.1) is 0 Å². The molecule has 0 saturated carbocycles. The summed E-state index contributed by atoms with van der Waals surface area (Å²) >= 11 is 0. The lowest BCUT2D eigenvalue weighted by molar-refractivity contribution is -0.142. The topological polar surface area (TPSA) is 60.4 Å². The molecule has 6 heteroatoms. The maximum atomic E-state index is 13.5. The van der Waals surface area contributed by atoms with E-state index in [0.717, 1.165) is 12.1 Å². The summed E-state index contributed by atoms with van der Waals surface area (Å²) in [6, 6.07) is 4.99. The van der Waals surface area contributed by atoms with Gasteiger partial charge in [-0.05, 0) is 25.5 Å². The second-order valence-electron chi connectivity index (χ2n) is 3.62. The van der Waals surface area contributed by atoms with Crippen LogP contribution < -0.4 is 0 Å². The quantitative estimate of drug-likeness (QED) is 0.770. The highest BCUT2D eigenvalue weighted by Gasteiger charge is 2.35. The molecule has 0 radical (unpaired) electrons. The Labute approximate surface area is 106 Å². The molecule has 0 saturated heterocycles. The van der Waals surface area contributed by atoms with Gasteiger partial charge in [-0.3, -0.25) is 4.79 Å². The highest BCUT2D eigenvalue weighted by Crippen LogP contribution is 2.22. The van der Waals surface area contributed by atoms with Gasteiger partial charge in [-0.25, -0.2) is 12.8 Å². The van der Waals surface area contributed by atoms with Gasteiger partial charge in [-0.1, -0.05) is 19.1 Å². The molecule has 0 bridgehead atoms. The van der Waals surface area contributed by atoms with Crippen LogP contribution in [-0.2, 0) is 19.4 Å². The van der Waals surface area contributed by atoms with Gasteiger partial charge in [0, 0.05) is 0 Å². The van der Waals surface area contributed by atoms with Crippen molar-refractivity contribution in [2.75, 3.05) is 6.61 Å². The van der Waals surface area contributed by atoms with Crippen LogP contribution in [0.2, 0.25) is 0 Å². The van der Waals surface area contributed by atoms with Gasteiger partial charge in [0.1, 0.15) is 10.7 Å². The van der Waals surface area contributed by atoms with Crippen LogP contribution in [0.5, 0.6) is 0 Å². The molecule has 1 atom stereocenters. The van der Waals surface area contributed by atoms with E-state index in [9.17, 15) is 17.6 Å². The fraction of sp³-hybridized carbons (Fsp3) is 0.417. The van der Waals surface area contributed by atoms with Crippen molar-refractivity contribution in [2.24, 2.45) is 0 Å². The molecule has 0 aliphatic rings. The van der Waals surface area contributed by atoms with Crippen LogP contribution in [0.3, 0.4) is 0 Å². The standard InChI is InChI=1S/C12H15FO4S/c1-3-10(12(14)17-4-2)18(15,16)11-8-6-5-7-9(11)13/h5-8,10H,3-4H2,1-2H3. The molecule has 0 heterocycles. The SMILES string of the molecule is CCOC(=O)C(CC)S(=O)(=O)c1ccccc1F. The summed E-state index contributed by atoms with van der Waals surface area (Å²) in [5.74, 6) is -1.71. The molecule has 0 amide bonds. The summed E-state index contributed by atoms with van der Waals surface area (Å²) in [6.07, 6.45) is 0.0372. The Bertz CT molecular complexity index is 525. The lowest BCUT2D eigenvalue weighted by atomic mass is 10.3. The first kappa shape index (κ1) is 14.6. The maximum absolute atomic E-state index is 13.5. The first-order valence-electron chi connectivity index (χ1n) is 5.60. The first-order valence-corrected chi connectivity index (χ1v) is 7.14. The van der Waals surface area contributed by atoms with Gasteiger partial charge < -0.3 is 4.74 Å². The summed E-state index contributed by atoms with van der Waals surface area (Å²) in [4.78, 5) is 11.1. The van der Waals surface area contributed by atoms with Crippen LogP contribution in [0.15, 0.2) is 29.2 Å². The van der Waals surface area contributed by atoms with Gasteiger partial charge in [0.05, 0.1) is 6.61 Å². The van der Waals surface area contributed by atoms with Crippen molar-refractivity contribution in [1.82, 2.24) is 0 Å². The number of halogens is 1. The number of hydrogen-bond donors (Lipinski definition) is 0. The molecule has 0 fully saturated rings. The zero-order valence-electron chi connectivity index (χ0n) is 10.2. The van der Waals surface area contributed by atoms with Crippen molar-refractivity contribution < 1.29 is 22.3 Å². The summed E-state index contributed by atoms with van der Waals surface area (Å²) in [6.45, 7) is 3.21. The zero-order valence-corrected chi connectivity index (χ0v) is 11.0. The minimum atomic E-state index is -4.05. The maximum Gasteiger partial charge on any atom is 0.324 e. The number of carbonyl (C=O) groups excluding carboxylic acids is 1. The zero-order chi connectivity index (χ0) is 13.8. The average Bonchev–Trinajstić information content (AvgIpc) is 2.30. The van der Waals surface area contributed by atoms with Gasteiger partial charge in [0.15, 0.2) is 15.1 Å². The van der Waals surface area contributed by atoms with E-state index in [1.54, 1.807) is 13.8 Å². The van der Waals surface area contributed by atoms with Gasteiger partial charge >= 0.3 is 5.97 Å². The molecular weight excluding hydrogens is 259 g/mol. The predicted octanol–water partition coefficient (Wildman–Crippen LogP) is 1.94. The van der Waals surface area contributed by atoms with E-state index in [4.69, 9.17) is 4.74 Å². The van der Waals surface area contributed by atoms with Crippen molar-refractivity contribution in [1.29, 1.82) is 0 Å². The Morgan fingerprint density at radius 2 is 1.94 bits per heavy atom. The number of benzene rings is 1. The smallest absolute Gasteiger partial charge is 0.324 e. The van der Waals surface area contributed by atoms with Crippen LogP contribution in [0.4, 0.5) is 4.39 Å². The lowest BCUT2D eigenvalue weighted by Gasteiger charge is -2.14. The number of esters is 1. The number of sulfone groups is 1. The van der Waals surface area contributed by atoms with E-state index in [-0.39, 0.29) is 13.0 Å². The molecule has 18 heavy (non-hydrogen) atoms. The predicted molar refractivity (Wildman–Crippen MR) is 64.3 cm³/mol. The summed E-state index contributed by atoms with van der Waals surface area (Å²) in [5.41, 5.74) is 0. The van der Waals surface area contributed by atoms with Crippen molar-refractivity contribution in [3.8, 4) is 0 Å². The second-order valence-corrected chi connectivity index (χ2v) is 5.72. The molecule has 4 nitrogen and oxygen atoms in total. The Hall–Kier alpha value is -1.43. The third-order valence-corrected chi connectivity index (χ3v) is 4.66. The average molecular weight is 274 g/mol. The van der Waals surface area contributed by atoms with Crippen LogP contribution in [-0.4, -0.2) is 26.2 Å².